The highest BCUT2D eigenvalue weighted by Gasteiger charge is 2.27. The van der Waals surface area contributed by atoms with Crippen LogP contribution in [0.1, 0.15) is 38.1 Å². The molecule has 1 aliphatic heterocycles. The number of aliphatic carboxylic acids is 1. The zero-order chi connectivity index (χ0) is 24.0. The van der Waals surface area contributed by atoms with Gasteiger partial charge in [-0.1, -0.05) is 0 Å². The number of carbonyl (C=O) groups is 2. The maximum atomic E-state index is 12.1. The van der Waals surface area contributed by atoms with E-state index in [2.05, 4.69) is 20.3 Å². The number of methoxy groups -OCH3 is 1. The number of ether oxygens (including phenoxy) is 3. The lowest BCUT2D eigenvalue weighted by molar-refractivity contribution is -0.136. The Morgan fingerprint density at radius 1 is 1.24 bits per heavy atom. The smallest absolute Gasteiger partial charge is 0.410 e. The van der Waals surface area contributed by atoms with Gasteiger partial charge in [-0.05, 0) is 32.9 Å². The average Bonchev–Trinajstić information content (AvgIpc) is 2.75. The summed E-state index contributed by atoms with van der Waals surface area (Å²) in [5, 5.41) is 12.1. The topological polar surface area (TPSA) is 136 Å². The lowest BCUT2D eigenvalue weighted by Gasteiger charge is -2.31. The SMILES string of the molecule is COc1c(Nc2ccc(CC(=O)O)nc2C)ncnc1OC1CCN(C(=O)OC(C)C)CC1. The quantitative estimate of drug-likeness (QED) is 0.606. The van der Waals surface area contributed by atoms with E-state index >= 15 is 0 Å². The number of nitrogens with one attached hydrogen (secondary N) is 1. The number of pyridine rings is 1. The normalized spacial score (nSPS) is 14.2. The number of hydrogen-bond donors (Lipinski definition) is 2. The molecule has 3 rings (SSSR count). The highest BCUT2D eigenvalue weighted by atomic mass is 16.6. The third kappa shape index (κ3) is 6.43. The highest BCUT2D eigenvalue weighted by Crippen LogP contribution is 2.35. The molecule has 1 saturated heterocycles. The van der Waals surface area contributed by atoms with Gasteiger partial charge in [0.1, 0.15) is 12.4 Å². The summed E-state index contributed by atoms with van der Waals surface area (Å²) >= 11 is 0. The van der Waals surface area contributed by atoms with Crippen LogP contribution in [0.4, 0.5) is 16.3 Å². The fraction of sp³-hybridized carbons (Fsp3) is 0.500. The van der Waals surface area contributed by atoms with Crippen LogP contribution in [0, 0.1) is 6.92 Å². The Morgan fingerprint density at radius 2 is 1.97 bits per heavy atom. The van der Waals surface area contributed by atoms with Crippen molar-refractivity contribution in [3.8, 4) is 11.6 Å². The number of aryl methyl sites for hydroxylation is 1. The second kappa shape index (κ2) is 10.8. The van der Waals surface area contributed by atoms with Gasteiger partial charge in [0.25, 0.3) is 5.88 Å². The van der Waals surface area contributed by atoms with E-state index in [1.165, 1.54) is 13.4 Å². The predicted molar refractivity (Wildman–Crippen MR) is 119 cm³/mol. The van der Waals surface area contributed by atoms with Crippen LogP contribution in [-0.2, 0) is 16.0 Å². The molecule has 33 heavy (non-hydrogen) atoms. The molecule has 2 N–H and O–H groups in total. The summed E-state index contributed by atoms with van der Waals surface area (Å²) in [6.07, 6.45) is 1.89. The number of anilines is 2. The van der Waals surface area contributed by atoms with Gasteiger partial charge in [0, 0.05) is 25.9 Å². The largest absolute Gasteiger partial charge is 0.489 e. The second-order valence-corrected chi connectivity index (χ2v) is 7.93. The van der Waals surface area contributed by atoms with Crippen LogP contribution in [0.15, 0.2) is 18.5 Å². The number of carbonyl (C=O) groups excluding carboxylic acids is 1. The lowest BCUT2D eigenvalue weighted by atomic mass is 10.1. The first-order valence-electron chi connectivity index (χ1n) is 10.7. The van der Waals surface area contributed by atoms with Gasteiger partial charge in [-0.3, -0.25) is 9.78 Å². The van der Waals surface area contributed by atoms with E-state index in [-0.39, 0.29) is 24.7 Å². The van der Waals surface area contributed by atoms with E-state index in [1.54, 1.807) is 24.0 Å². The van der Waals surface area contributed by atoms with Crippen molar-refractivity contribution in [2.24, 2.45) is 0 Å². The van der Waals surface area contributed by atoms with Gasteiger partial charge >= 0.3 is 12.1 Å². The maximum Gasteiger partial charge on any atom is 0.410 e. The number of piperidine rings is 1. The zero-order valence-electron chi connectivity index (χ0n) is 19.2. The minimum atomic E-state index is -0.940. The van der Waals surface area contributed by atoms with E-state index in [0.29, 0.717) is 60.5 Å². The molecule has 0 radical (unpaired) electrons. The van der Waals surface area contributed by atoms with Gasteiger partial charge in [0.05, 0.1) is 36.7 Å². The molecule has 2 aromatic rings. The van der Waals surface area contributed by atoms with Crippen molar-refractivity contribution in [3.05, 3.63) is 29.8 Å². The van der Waals surface area contributed by atoms with E-state index in [0.717, 1.165) is 0 Å². The molecule has 11 heteroatoms. The van der Waals surface area contributed by atoms with Crippen molar-refractivity contribution in [2.45, 2.75) is 52.2 Å². The Morgan fingerprint density at radius 3 is 2.58 bits per heavy atom. The van der Waals surface area contributed by atoms with Gasteiger partial charge in [-0.25, -0.2) is 9.78 Å². The Kier molecular flexibility index (Phi) is 7.86. The van der Waals surface area contributed by atoms with Crippen LogP contribution in [0.3, 0.4) is 0 Å². The molecule has 2 aromatic heterocycles. The van der Waals surface area contributed by atoms with Gasteiger partial charge in [-0.15, -0.1) is 0 Å². The first-order valence-corrected chi connectivity index (χ1v) is 10.7. The fourth-order valence-corrected chi connectivity index (χ4v) is 3.43. The Labute approximate surface area is 192 Å². The van der Waals surface area contributed by atoms with Crippen LogP contribution >= 0.6 is 0 Å². The molecule has 3 heterocycles. The summed E-state index contributed by atoms with van der Waals surface area (Å²) < 4.78 is 16.8. The molecule has 1 amide bonds. The zero-order valence-corrected chi connectivity index (χ0v) is 19.2. The van der Waals surface area contributed by atoms with Gasteiger partial charge in [-0.2, -0.15) is 4.98 Å². The Bertz CT molecular complexity index is 991. The fourth-order valence-electron chi connectivity index (χ4n) is 3.43. The molecule has 0 atom stereocenters. The molecule has 1 fully saturated rings. The van der Waals surface area contributed by atoms with Crippen molar-refractivity contribution in [1.82, 2.24) is 19.9 Å². The van der Waals surface area contributed by atoms with E-state index in [4.69, 9.17) is 19.3 Å². The van der Waals surface area contributed by atoms with Crippen molar-refractivity contribution in [1.29, 1.82) is 0 Å². The second-order valence-electron chi connectivity index (χ2n) is 7.93. The lowest BCUT2D eigenvalue weighted by Crippen LogP contribution is -2.42. The van der Waals surface area contributed by atoms with Crippen LogP contribution < -0.4 is 14.8 Å². The average molecular weight is 460 g/mol. The summed E-state index contributed by atoms with van der Waals surface area (Å²) in [5.41, 5.74) is 1.74. The van der Waals surface area contributed by atoms with E-state index in [1.807, 2.05) is 13.8 Å². The van der Waals surface area contributed by atoms with E-state index < -0.39 is 5.97 Å². The summed E-state index contributed by atoms with van der Waals surface area (Å²) in [6.45, 7) is 6.48. The Hall–Kier alpha value is -3.63. The van der Waals surface area contributed by atoms with Gasteiger partial charge in [0.2, 0.25) is 5.75 Å². The first kappa shape index (κ1) is 24.0. The van der Waals surface area contributed by atoms with Crippen molar-refractivity contribution >= 4 is 23.6 Å². The number of amides is 1. The molecule has 0 aromatic carbocycles. The summed E-state index contributed by atoms with van der Waals surface area (Å²) in [7, 11) is 1.50. The van der Waals surface area contributed by atoms with Gasteiger partial charge < -0.3 is 29.5 Å². The van der Waals surface area contributed by atoms with Crippen LogP contribution in [0.25, 0.3) is 0 Å². The molecule has 0 spiro atoms. The third-order valence-electron chi connectivity index (χ3n) is 5.02. The molecule has 0 saturated carbocycles. The van der Waals surface area contributed by atoms with Crippen LogP contribution in [0.5, 0.6) is 11.6 Å². The molecule has 0 aliphatic carbocycles. The summed E-state index contributed by atoms with van der Waals surface area (Å²) in [5.74, 6) is 0.0975. The maximum absolute atomic E-state index is 12.1. The molecule has 11 nitrogen and oxygen atoms in total. The molecule has 1 aliphatic rings. The number of aromatic nitrogens is 3. The summed E-state index contributed by atoms with van der Waals surface area (Å²) in [4.78, 5) is 37.5. The standard InChI is InChI=1S/C22H29N5O6/c1-13(2)32-22(30)27-9-7-16(8-10-27)33-21-19(31-4)20(23-12-24-21)26-17-6-5-15(11-18(28)29)25-14(17)3/h5-6,12-13,16H,7-11H2,1-4H3,(H,28,29)(H,23,24,26). The minimum Gasteiger partial charge on any atom is -0.489 e. The first-order chi connectivity index (χ1) is 15.8. The minimum absolute atomic E-state index is 0.136. The van der Waals surface area contributed by atoms with Crippen LogP contribution in [0.2, 0.25) is 0 Å². The van der Waals surface area contributed by atoms with Crippen molar-refractivity contribution in [2.75, 3.05) is 25.5 Å². The monoisotopic (exact) mass is 459 g/mol. The molecular formula is C22H29N5O6. The highest BCUT2D eigenvalue weighted by molar-refractivity contribution is 5.70. The molecule has 0 unspecified atom stereocenters. The Balaban J connectivity index is 1.67. The van der Waals surface area contributed by atoms with Crippen LogP contribution in [-0.4, -0.2) is 69.4 Å². The number of hydrogen-bond acceptors (Lipinski definition) is 9. The number of rotatable bonds is 8. The molecule has 178 valence electrons. The number of likely N-dealkylation sites (tertiary alicyclic amines) is 1. The summed E-state index contributed by atoms with van der Waals surface area (Å²) in [6, 6.07) is 3.39. The predicted octanol–water partition coefficient (Wildman–Crippen LogP) is 2.95. The van der Waals surface area contributed by atoms with Gasteiger partial charge in [0.15, 0.2) is 5.82 Å². The van der Waals surface area contributed by atoms with E-state index in [9.17, 15) is 9.59 Å². The molecule has 0 bridgehead atoms. The third-order valence-corrected chi connectivity index (χ3v) is 5.02. The number of carboxylic acid groups (broad SMARTS) is 1. The number of carboxylic acids is 1. The van der Waals surface area contributed by atoms with Crippen molar-refractivity contribution < 1.29 is 28.9 Å². The number of nitrogens with zero attached hydrogens (tertiary/aromatic N) is 4. The van der Waals surface area contributed by atoms with Crippen molar-refractivity contribution in [3.63, 3.8) is 0 Å². The molecular weight excluding hydrogens is 430 g/mol.